The van der Waals surface area contributed by atoms with Crippen molar-refractivity contribution in [3.05, 3.63) is 52.5 Å². The normalized spacial score (nSPS) is 10.1. The van der Waals surface area contributed by atoms with Gasteiger partial charge in [-0.1, -0.05) is 23.9 Å². The number of hydrogen-bond acceptors (Lipinski definition) is 6. The van der Waals surface area contributed by atoms with E-state index in [1.165, 1.54) is 12.3 Å². The van der Waals surface area contributed by atoms with Crippen molar-refractivity contribution < 1.29 is 14.8 Å². The van der Waals surface area contributed by atoms with E-state index >= 15 is 0 Å². The molecule has 19 heavy (non-hydrogen) atoms. The van der Waals surface area contributed by atoms with Gasteiger partial charge in [-0.15, -0.1) is 0 Å². The van der Waals surface area contributed by atoms with E-state index in [-0.39, 0.29) is 16.4 Å². The number of para-hydroxylation sites is 1. The number of carbonyl (C=O) groups is 1. The van der Waals surface area contributed by atoms with Crippen molar-refractivity contribution in [2.75, 3.05) is 0 Å². The second-order valence-electron chi connectivity index (χ2n) is 3.37. The van der Waals surface area contributed by atoms with Gasteiger partial charge in [0.1, 0.15) is 5.03 Å². The van der Waals surface area contributed by atoms with Gasteiger partial charge in [-0.05, 0) is 6.07 Å². The summed E-state index contributed by atoms with van der Waals surface area (Å²) in [4.78, 5) is 29.1. The van der Waals surface area contributed by atoms with Gasteiger partial charge in [-0.2, -0.15) is 0 Å². The maximum atomic E-state index is 10.8. The first kappa shape index (κ1) is 13.0. The molecule has 1 heterocycles. The van der Waals surface area contributed by atoms with Gasteiger partial charge in [-0.25, -0.2) is 9.78 Å². The second-order valence-corrected chi connectivity index (χ2v) is 4.44. The number of nitro groups is 1. The molecule has 2 aromatic rings. The summed E-state index contributed by atoms with van der Waals surface area (Å²) in [5, 5.41) is 19.9. The Hall–Kier alpha value is -2.48. The van der Waals surface area contributed by atoms with Gasteiger partial charge in [0.2, 0.25) is 0 Å². The van der Waals surface area contributed by atoms with Crippen molar-refractivity contribution in [3.63, 3.8) is 0 Å². The Morgan fingerprint density at radius 1 is 1.32 bits per heavy atom. The summed E-state index contributed by atoms with van der Waals surface area (Å²) in [5.74, 6) is -1.20. The standard InChI is InChI=1S/C11H7N3O4S/c15-11(16)7-5-12-6-10(13-7)19-9-4-2-1-3-8(9)14(17)18/h1-6H,(H,15,16). The highest BCUT2D eigenvalue weighted by Crippen LogP contribution is 2.33. The third kappa shape index (κ3) is 3.05. The van der Waals surface area contributed by atoms with Crippen molar-refractivity contribution >= 4 is 23.4 Å². The quantitative estimate of drug-likeness (QED) is 0.674. The molecule has 0 atom stereocenters. The van der Waals surface area contributed by atoms with Gasteiger partial charge in [0, 0.05) is 6.07 Å². The third-order valence-corrected chi connectivity index (χ3v) is 3.08. The molecule has 0 bridgehead atoms. The number of carboxylic acid groups (broad SMARTS) is 1. The summed E-state index contributed by atoms with van der Waals surface area (Å²) in [6.45, 7) is 0. The van der Waals surface area contributed by atoms with E-state index in [1.54, 1.807) is 18.2 Å². The fraction of sp³-hybridized carbons (Fsp3) is 0. The number of hydrogen-bond donors (Lipinski definition) is 1. The van der Waals surface area contributed by atoms with Crippen molar-refractivity contribution in [3.8, 4) is 0 Å². The minimum Gasteiger partial charge on any atom is -0.476 e. The molecule has 1 aromatic carbocycles. The molecule has 8 heteroatoms. The van der Waals surface area contributed by atoms with E-state index in [0.29, 0.717) is 4.90 Å². The summed E-state index contributed by atoms with van der Waals surface area (Å²) < 4.78 is 0. The molecule has 0 spiro atoms. The summed E-state index contributed by atoms with van der Waals surface area (Å²) in [6.07, 6.45) is 2.47. The van der Waals surface area contributed by atoms with Crippen LogP contribution in [0.1, 0.15) is 10.5 Å². The predicted octanol–water partition coefficient (Wildman–Crippen LogP) is 2.23. The van der Waals surface area contributed by atoms with E-state index in [4.69, 9.17) is 5.11 Å². The molecule has 7 nitrogen and oxygen atoms in total. The highest BCUT2D eigenvalue weighted by Gasteiger charge is 2.15. The van der Waals surface area contributed by atoms with E-state index in [2.05, 4.69) is 9.97 Å². The second kappa shape index (κ2) is 5.44. The van der Waals surface area contributed by atoms with Gasteiger partial charge < -0.3 is 5.11 Å². The number of benzene rings is 1. The molecule has 0 aliphatic carbocycles. The van der Waals surface area contributed by atoms with Crippen LogP contribution in [0.25, 0.3) is 0 Å². The molecule has 0 amide bonds. The van der Waals surface area contributed by atoms with Crippen molar-refractivity contribution in [2.45, 2.75) is 9.92 Å². The minimum absolute atomic E-state index is 0.0602. The zero-order chi connectivity index (χ0) is 13.8. The third-order valence-electron chi connectivity index (χ3n) is 2.11. The lowest BCUT2D eigenvalue weighted by Gasteiger charge is -2.02. The van der Waals surface area contributed by atoms with Crippen LogP contribution in [0.5, 0.6) is 0 Å². The Balaban J connectivity index is 2.34. The first-order chi connectivity index (χ1) is 9.08. The molecule has 96 valence electrons. The van der Waals surface area contributed by atoms with Gasteiger partial charge >= 0.3 is 5.97 Å². The van der Waals surface area contributed by atoms with Gasteiger partial charge in [-0.3, -0.25) is 15.1 Å². The Bertz CT molecular complexity index is 647. The molecule has 1 aromatic heterocycles. The fourth-order valence-electron chi connectivity index (χ4n) is 1.31. The van der Waals surface area contributed by atoms with Crippen LogP contribution in [0.3, 0.4) is 0 Å². The smallest absolute Gasteiger partial charge is 0.356 e. The number of aromatic nitrogens is 2. The number of aromatic carboxylic acids is 1. The fourth-order valence-corrected chi connectivity index (χ4v) is 2.18. The highest BCUT2D eigenvalue weighted by molar-refractivity contribution is 7.99. The van der Waals surface area contributed by atoms with Crippen LogP contribution >= 0.6 is 11.8 Å². The molecule has 0 radical (unpaired) electrons. The molecule has 0 aliphatic rings. The topological polar surface area (TPSA) is 106 Å². The van der Waals surface area contributed by atoms with Crippen LogP contribution in [-0.2, 0) is 0 Å². The van der Waals surface area contributed by atoms with Crippen LogP contribution in [0, 0.1) is 10.1 Å². The SMILES string of the molecule is O=C(O)c1cncc(Sc2ccccc2[N+](=O)[O-])n1. The molecular formula is C11H7N3O4S. The predicted molar refractivity (Wildman–Crippen MR) is 66.2 cm³/mol. The van der Waals surface area contributed by atoms with Gasteiger partial charge in [0.05, 0.1) is 22.2 Å². The summed E-state index contributed by atoms with van der Waals surface area (Å²) in [5.41, 5.74) is -0.265. The zero-order valence-electron chi connectivity index (χ0n) is 9.39. The first-order valence-corrected chi connectivity index (χ1v) is 5.86. The van der Waals surface area contributed by atoms with Crippen molar-refractivity contribution in [1.82, 2.24) is 9.97 Å². The zero-order valence-corrected chi connectivity index (χ0v) is 10.2. The number of carboxylic acids is 1. The van der Waals surface area contributed by atoms with E-state index in [1.807, 2.05) is 0 Å². The minimum atomic E-state index is -1.20. The van der Waals surface area contributed by atoms with Crippen LogP contribution in [0.15, 0.2) is 46.6 Å². The first-order valence-electron chi connectivity index (χ1n) is 5.04. The van der Waals surface area contributed by atoms with Crippen LogP contribution in [0.4, 0.5) is 5.69 Å². The Morgan fingerprint density at radius 3 is 2.74 bits per heavy atom. The number of rotatable bonds is 4. The molecule has 2 rings (SSSR count). The maximum Gasteiger partial charge on any atom is 0.356 e. The molecule has 1 N–H and O–H groups in total. The molecular weight excluding hydrogens is 270 g/mol. The molecule has 0 saturated heterocycles. The average Bonchev–Trinajstić information content (AvgIpc) is 2.39. The van der Waals surface area contributed by atoms with Crippen LogP contribution in [-0.4, -0.2) is 26.0 Å². The Morgan fingerprint density at radius 2 is 2.05 bits per heavy atom. The molecule has 0 unspecified atom stereocenters. The van der Waals surface area contributed by atoms with Crippen LogP contribution in [0.2, 0.25) is 0 Å². The summed E-state index contributed by atoms with van der Waals surface area (Å²) >= 11 is 0.996. The lowest BCUT2D eigenvalue weighted by Crippen LogP contribution is -2.01. The van der Waals surface area contributed by atoms with Crippen molar-refractivity contribution in [2.24, 2.45) is 0 Å². The Kier molecular flexibility index (Phi) is 3.71. The molecule has 0 fully saturated rings. The molecule has 0 saturated carbocycles. The highest BCUT2D eigenvalue weighted by atomic mass is 32.2. The van der Waals surface area contributed by atoms with Crippen molar-refractivity contribution in [1.29, 1.82) is 0 Å². The van der Waals surface area contributed by atoms with Gasteiger partial charge in [0.15, 0.2) is 5.69 Å². The lowest BCUT2D eigenvalue weighted by molar-refractivity contribution is -0.387. The average molecular weight is 277 g/mol. The van der Waals surface area contributed by atoms with E-state index < -0.39 is 10.9 Å². The largest absolute Gasteiger partial charge is 0.476 e. The number of nitro benzene ring substituents is 1. The monoisotopic (exact) mass is 277 g/mol. The van der Waals surface area contributed by atoms with E-state index in [0.717, 1.165) is 18.0 Å². The number of nitrogens with zero attached hydrogens (tertiary/aromatic N) is 3. The van der Waals surface area contributed by atoms with Crippen LogP contribution < -0.4 is 0 Å². The van der Waals surface area contributed by atoms with E-state index in [9.17, 15) is 14.9 Å². The Labute approximate surface area is 111 Å². The summed E-state index contributed by atoms with van der Waals surface area (Å²) in [6, 6.07) is 6.15. The summed E-state index contributed by atoms with van der Waals surface area (Å²) in [7, 11) is 0. The maximum absolute atomic E-state index is 10.8. The lowest BCUT2D eigenvalue weighted by atomic mass is 10.3. The van der Waals surface area contributed by atoms with Gasteiger partial charge in [0.25, 0.3) is 5.69 Å². The molecule has 0 aliphatic heterocycles.